The van der Waals surface area contributed by atoms with Crippen LogP contribution in [0.2, 0.25) is 0 Å². The Morgan fingerprint density at radius 3 is 2.44 bits per heavy atom. The molecule has 0 saturated carbocycles. The maximum atomic E-state index is 5.45. The molecule has 0 saturated heterocycles. The van der Waals surface area contributed by atoms with Crippen molar-refractivity contribution in [2.24, 2.45) is 0 Å². The molecule has 1 aromatic heterocycles. The molecule has 18 heavy (non-hydrogen) atoms. The predicted octanol–water partition coefficient (Wildman–Crippen LogP) is 4.53. The first-order valence-electron chi connectivity index (χ1n) is 5.85. The van der Waals surface area contributed by atoms with E-state index in [2.05, 4.69) is 68.4 Å². The Balaban J connectivity index is 1.81. The predicted molar refractivity (Wildman–Crippen MR) is 80.6 cm³/mol. The Morgan fingerprint density at radius 1 is 1.11 bits per heavy atom. The number of benzene rings is 1. The zero-order chi connectivity index (χ0) is 13.0. The standard InChI is InChI=1S/C14H15Br2NO/c1-10(8-11-2-4-12(15)5-3-11)17-9-13-6-7-14(16)18-13/h2-7,10,17H,8-9H2,1H3. The summed E-state index contributed by atoms with van der Waals surface area (Å²) in [7, 11) is 0. The third-order valence-electron chi connectivity index (χ3n) is 2.71. The van der Waals surface area contributed by atoms with Gasteiger partial charge in [0, 0.05) is 10.5 Å². The molecule has 4 heteroatoms. The third kappa shape index (κ3) is 4.26. The minimum absolute atomic E-state index is 0.412. The molecular formula is C14H15Br2NO. The van der Waals surface area contributed by atoms with E-state index in [1.807, 2.05) is 12.1 Å². The molecule has 1 heterocycles. The van der Waals surface area contributed by atoms with Gasteiger partial charge in [0.1, 0.15) is 5.76 Å². The molecule has 0 aliphatic heterocycles. The maximum absolute atomic E-state index is 5.45. The minimum Gasteiger partial charge on any atom is -0.453 e. The number of halogens is 2. The normalized spacial score (nSPS) is 12.6. The van der Waals surface area contributed by atoms with Gasteiger partial charge in [0.2, 0.25) is 0 Å². The fourth-order valence-electron chi connectivity index (χ4n) is 1.77. The molecule has 2 rings (SSSR count). The van der Waals surface area contributed by atoms with E-state index < -0.39 is 0 Å². The summed E-state index contributed by atoms with van der Waals surface area (Å²) in [5, 5.41) is 3.45. The van der Waals surface area contributed by atoms with Gasteiger partial charge in [-0.25, -0.2) is 0 Å². The van der Waals surface area contributed by atoms with Crippen LogP contribution >= 0.6 is 31.9 Å². The van der Waals surface area contributed by atoms with E-state index >= 15 is 0 Å². The molecular weight excluding hydrogens is 358 g/mol. The van der Waals surface area contributed by atoms with Crippen LogP contribution in [0.15, 0.2) is 50.0 Å². The van der Waals surface area contributed by atoms with E-state index in [4.69, 9.17) is 4.42 Å². The smallest absolute Gasteiger partial charge is 0.169 e. The highest BCUT2D eigenvalue weighted by Gasteiger charge is 2.05. The second-order valence-corrected chi connectivity index (χ2v) is 6.02. The van der Waals surface area contributed by atoms with Crippen molar-refractivity contribution < 1.29 is 4.42 Å². The van der Waals surface area contributed by atoms with Crippen molar-refractivity contribution >= 4 is 31.9 Å². The third-order valence-corrected chi connectivity index (χ3v) is 3.66. The molecule has 0 amide bonds. The lowest BCUT2D eigenvalue weighted by Gasteiger charge is -2.12. The molecule has 0 aliphatic rings. The molecule has 1 aromatic carbocycles. The average Bonchev–Trinajstić information content (AvgIpc) is 2.76. The highest BCUT2D eigenvalue weighted by atomic mass is 79.9. The Kier molecular flexibility index (Phi) is 5.03. The fraction of sp³-hybridized carbons (Fsp3) is 0.286. The maximum Gasteiger partial charge on any atom is 0.169 e. The zero-order valence-corrected chi connectivity index (χ0v) is 13.3. The summed E-state index contributed by atoms with van der Waals surface area (Å²) in [6.45, 7) is 2.93. The van der Waals surface area contributed by atoms with Crippen LogP contribution in [0.4, 0.5) is 0 Å². The molecule has 0 aliphatic carbocycles. The van der Waals surface area contributed by atoms with E-state index in [9.17, 15) is 0 Å². The van der Waals surface area contributed by atoms with E-state index in [1.165, 1.54) is 5.56 Å². The van der Waals surface area contributed by atoms with Crippen molar-refractivity contribution in [1.82, 2.24) is 5.32 Å². The van der Waals surface area contributed by atoms with Crippen LogP contribution in [0.1, 0.15) is 18.2 Å². The van der Waals surface area contributed by atoms with E-state index in [0.29, 0.717) is 6.04 Å². The SMILES string of the molecule is CC(Cc1ccc(Br)cc1)NCc1ccc(Br)o1. The molecule has 0 fully saturated rings. The van der Waals surface area contributed by atoms with Gasteiger partial charge in [0.15, 0.2) is 4.67 Å². The van der Waals surface area contributed by atoms with Crippen molar-refractivity contribution in [2.45, 2.75) is 25.9 Å². The molecule has 0 bridgehead atoms. The Hall–Kier alpha value is -0.580. The van der Waals surface area contributed by atoms with Gasteiger partial charge in [-0.3, -0.25) is 0 Å². The molecule has 1 atom stereocenters. The monoisotopic (exact) mass is 371 g/mol. The molecule has 0 radical (unpaired) electrons. The van der Waals surface area contributed by atoms with Crippen molar-refractivity contribution in [2.75, 3.05) is 0 Å². The fourth-order valence-corrected chi connectivity index (χ4v) is 2.37. The largest absolute Gasteiger partial charge is 0.453 e. The molecule has 1 unspecified atom stereocenters. The van der Waals surface area contributed by atoms with Crippen LogP contribution in [-0.2, 0) is 13.0 Å². The minimum atomic E-state index is 0.412. The second-order valence-electron chi connectivity index (χ2n) is 4.32. The lowest BCUT2D eigenvalue weighted by atomic mass is 10.1. The van der Waals surface area contributed by atoms with Crippen molar-refractivity contribution in [3.05, 3.63) is 56.9 Å². The zero-order valence-electron chi connectivity index (χ0n) is 10.1. The summed E-state index contributed by atoms with van der Waals surface area (Å²) >= 11 is 6.74. The summed E-state index contributed by atoms with van der Waals surface area (Å²) in [4.78, 5) is 0. The molecule has 2 nitrogen and oxygen atoms in total. The molecule has 1 N–H and O–H groups in total. The van der Waals surface area contributed by atoms with Gasteiger partial charge in [-0.2, -0.15) is 0 Å². The number of hydrogen-bond donors (Lipinski definition) is 1. The Morgan fingerprint density at radius 2 is 1.83 bits per heavy atom. The van der Waals surface area contributed by atoms with Gasteiger partial charge in [-0.05, 0) is 59.1 Å². The van der Waals surface area contributed by atoms with Gasteiger partial charge in [0.25, 0.3) is 0 Å². The first-order chi connectivity index (χ1) is 8.63. The summed E-state index contributed by atoms with van der Waals surface area (Å²) in [6, 6.07) is 12.7. The van der Waals surface area contributed by atoms with Crippen molar-refractivity contribution in [1.29, 1.82) is 0 Å². The topological polar surface area (TPSA) is 25.2 Å². The van der Waals surface area contributed by atoms with Crippen molar-refractivity contribution in [3.8, 4) is 0 Å². The number of furan rings is 1. The average molecular weight is 373 g/mol. The Bertz CT molecular complexity index is 493. The highest BCUT2D eigenvalue weighted by Crippen LogP contribution is 2.14. The van der Waals surface area contributed by atoms with Crippen LogP contribution < -0.4 is 5.32 Å². The highest BCUT2D eigenvalue weighted by molar-refractivity contribution is 9.10. The first kappa shape index (κ1) is 13.8. The van der Waals surface area contributed by atoms with Crippen LogP contribution in [0.25, 0.3) is 0 Å². The van der Waals surface area contributed by atoms with E-state index in [1.54, 1.807) is 0 Å². The van der Waals surface area contributed by atoms with Gasteiger partial charge in [0.05, 0.1) is 6.54 Å². The summed E-state index contributed by atoms with van der Waals surface area (Å²) < 4.78 is 7.34. The number of rotatable bonds is 5. The summed E-state index contributed by atoms with van der Waals surface area (Å²) in [5.41, 5.74) is 1.33. The van der Waals surface area contributed by atoms with E-state index in [0.717, 1.165) is 27.9 Å². The number of nitrogens with one attached hydrogen (secondary N) is 1. The molecule has 2 aromatic rings. The second kappa shape index (κ2) is 6.55. The van der Waals surface area contributed by atoms with Crippen LogP contribution in [-0.4, -0.2) is 6.04 Å². The lowest BCUT2D eigenvalue weighted by Crippen LogP contribution is -2.27. The lowest BCUT2D eigenvalue weighted by molar-refractivity contribution is 0.441. The van der Waals surface area contributed by atoms with Gasteiger partial charge in [-0.15, -0.1) is 0 Å². The number of hydrogen-bond acceptors (Lipinski definition) is 2. The summed E-state index contributed by atoms with van der Waals surface area (Å²) in [6.07, 6.45) is 1.01. The molecule has 0 spiro atoms. The summed E-state index contributed by atoms with van der Waals surface area (Å²) in [5.74, 6) is 0.949. The molecule has 96 valence electrons. The van der Waals surface area contributed by atoms with Crippen molar-refractivity contribution in [3.63, 3.8) is 0 Å². The van der Waals surface area contributed by atoms with Gasteiger partial charge in [-0.1, -0.05) is 28.1 Å². The van der Waals surface area contributed by atoms with E-state index in [-0.39, 0.29) is 0 Å². The quantitative estimate of drug-likeness (QED) is 0.834. The van der Waals surface area contributed by atoms with Gasteiger partial charge < -0.3 is 9.73 Å². The van der Waals surface area contributed by atoms with Crippen LogP contribution in [0, 0.1) is 0 Å². The Labute approximate surface area is 124 Å². The first-order valence-corrected chi connectivity index (χ1v) is 7.44. The van der Waals surface area contributed by atoms with Gasteiger partial charge >= 0.3 is 0 Å². The van der Waals surface area contributed by atoms with Crippen LogP contribution in [0.3, 0.4) is 0 Å². The van der Waals surface area contributed by atoms with Crippen LogP contribution in [0.5, 0.6) is 0 Å².